The van der Waals surface area contributed by atoms with E-state index in [1.165, 1.54) is 12.8 Å². The normalized spacial score (nSPS) is 22.1. The van der Waals surface area contributed by atoms with Gasteiger partial charge in [-0.15, -0.1) is 0 Å². The molecule has 2 heterocycles. The third-order valence-electron chi connectivity index (χ3n) is 6.80. The standard InChI is InChI=1S/C24H25BrN2O3/c1-26(23(29)21-12-24(10-11-24)15-30-21)20-13-27(14-20)22(28)18-4-2-16(3-5-18)17-6-8-19(25)9-7-17/h2-9,20-21H,10-15H2,1H3. The third-order valence-corrected chi connectivity index (χ3v) is 7.32. The van der Waals surface area contributed by atoms with Crippen molar-refractivity contribution in [2.75, 3.05) is 26.7 Å². The van der Waals surface area contributed by atoms with E-state index in [0.717, 1.165) is 28.6 Å². The molecule has 2 saturated heterocycles. The summed E-state index contributed by atoms with van der Waals surface area (Å²) in [7, 11) is 1.84. The summed E-state index contributed by atoms with van der Waals surface area (Å²) in [6.07, 6.45) is 2.93. The van der Waals surface area contributed by atoms with Crippen LogP contribution in [0.3, 0.4) is 0 Å². The summed E-state index contributed by atoms with van der Waals surface area (Å²) in [5, 5.41) is 0. The van der Waals surface area contributed by atoms with Gasteiger partial charge >= 0.3 is 0 Å². The summed E-state index contributed by atoms with van der Waals surface area (Å²) in [6.45, 7) is 1.88. The van der Waals surface area contributed by atoms with Crippen LogP contribution in [0.4, 0.5) is 0 Å². The van der Waals surface area contributed by atoms with Gasteiger partial charge in [0.15, 0.2) is 0 Å². The molecule has 0 N–H and O–H groups in total. The molecule has 0 aromatic heterocycles. The van der Waals surface area contributed by atoms with E-state index in [9.17, 15) is 9.59 Å². The van der Waals surface area contributed by atoms with Crippen molar-refractivity contribution in [1.82, 2.24) is 9.80 Å². The molecule has 1 aliphatic carbocycles. The van der Waals surface area contributed by atoms with Crippen molar-refractivity contribution in [2.45, 2.75) is 31.4 Å². The highest BCUT2D eigenvalue weighted by Gasteiger charge is 2.52. The van der Waals surface area contributed by atoms with E-state index < -0.39 is 0 Å². The van der Waals surface area contributed by atoms with Crippen LogP contribution >= 0.6 is 15.9 Å². The van der Waals surface area contributed by atoms with Crippen LogP contribution < -0.4 is 0 Å². The maximum absolute atomic E-state index is 12.8. The molecular formula is C24H25BrN2O3. The van der Waals surface area contributed by atoms with Gasteiger partial charge in [0.1, 0.15) is 6.10 Å². The highest BCUT2D eigenvalue weighted by molar-refractivity contribution is 9.10. The lowest BCUT2D eigenvalue weighted by Gasteiger charge is -2.44. The van der Waals surface area contributed by atoms with Crippen LogP contribution in [-0.4, -0.2) is 60.5 Å². The molecule has 30 heavy (non-hydrogen) atoms. The number of nitrogens with zero attached hydrogens (tertiary/aromatic N) is 2. The van der Waals surface area contributed by atoms with Crippen molar-refractivity contribution in [3.63, 3.8) is 0 Å². The number of ether oxygens (including phenoxy) is 1. The minimum Gasteiger partial charge on any atom is -0.368 e. The molecule has 2 aromatic rings. The van der Waals surface area contributed by atoms with Crippen LogP contribution in [0, 0.1) is 5.41 Å². The van der Waals surface area contributed by atoms with E-state index >= 15 is 0 Å². The fourth-order valence-electron chi connectivity index (χ4n) is 4.38. The summed E-state index contributed by atoms with van der Waals surface area (Å²) in [5.74, 6) is 0.0817. The number of likely N-dealkylation sites (tertiary alicyclic amines) is 1. The summed E-state index contributed by atoms with van der Waals surface area (Å²) in [6, 6.07) is 15.9. The monoisotopic (exact) mass is 468 g/mol. The molecule has 0 bridgehead atoms. The van der Waals surface area contributed by atoms with Gasteiger partial charge in [-0.2, -0.15) is 0 Å². The van der Waals surface area contributed by atoms with Gasteiger partial charge in [0.05, 0.1) is 12.6 Å². The van der Waals surface area contributed by atoms with Crippen molar-refractivity contribution >= 4 is 27.7 Å². The lowest BCUT2D eigenvalue weighted by Crippen LogP contribution is -2.62. The predicted molar refractivity (Wildman–Crippen MR) is 118 cm³/mol. The molecule has 2 amide bonds. The number of hydrogen-bond acceptors (Lipinski definition) is 3. The summed E-state index contributed by atoms with van der Waals surface area (Å²) < 4.78 is 6.80. The van der Waals surface area contributed by atoms with Gasteiger partial charge in [-0.3, -0.25) is 9.59 Å². The number of hydrogen-bond donors (Lipinski definition) is 0. The lowest BCUT2D eigenvalue weighted by molar-refractivity contribution is -0.144. The van der Waals surface area contributed by atoms with Crippen molar-refractivity contribution in [2.24, 2.45) is 5.41 Å². The van der Waals surface area contributed by atoms with Crippen molar-refractivity contribution in [3.8, 4) is 11.1 Å². The molecule has 1 spiro atoms. The summed E-state index contributed by atoms with van der Waals surface area (Å²) in [4.78, 5) is 29.1. The number of likely N-dealkylation sites (N-methyl/N-ethyl adjacent to an activating group) is 1. The molecule has 1 saturated carbocycles. The van der Waals surface area contributed by atoms with Gasteiger partial charge in [-0.25, -0.2) is 0 Å². The molecule has 3 fully saturated rings. The number of carbonyl (C=O) groups excluding carboxylic acids is 2. The number of amides is 2. The van der Waals surface area contributed by atoms with Gasteiger partial charge in [-0.05, 0) is 60.1 Å². The average Bonchev–Trinajstić information content (AvgIpc) is 3.35. The zero-order valence-electron chi connectivity index (χ0n) is 17.0. The van der Waals surface area contributed by atoms with Crippen LogP contribution in [0.1, 0.15) is 29.6 Å². The van der Waals surface area contributed by atoms with E-state index in [4.69, 9.17) is 4.74 Å². The Kier molecular flexibility index (Phi) is 4.94. The van der Waals surface area contributed by atoms with E-state index in [2.05, 4.69) is 15.9 Å². The molecule has 5 nitrogen and oxygen atoms in total. The smallest absolute Gasteiger partial charge is 0.253 e. The SMILES string of the molecule is CN(C(=O)C1CC2(CC2)CO1)C1CN(C(=O)c2ccc(-c3ccc(Br)cc3)cc2)C1. The second-order valence-electron chi connectivity index (χ2n) is 8.90. The van der Waals surface area contributed by atoms with Gasteiger partial charge < -0.3 is 14.5 Å². The van der Waals surface area contributed by atoms with Crippen LogP contribution in [0.15, 0.2) is 53.0 Å². The van der Waals surface area contributed by atoms with E-state index in [1.54, 1.807) is 9.80 Å². The van der Waals surface area contributed by atoms with Crippen LogP contribution in [0.2, 0.25) is 0 Å². The minimum absolute atomic E-state index is 0.0171. The molecule has 2 aliphatic heterocycles. The van der Waals surface area contributed by atoms with E-state index in [1.807, 2.05) is 55.6 Å². The second kappa shape index (κ2) is 7.50. The zero-order valence-corrected chi connectivity index (χ0v) is 18.6. The Morgan fingerprint density at radius 1 is 1.03 bits per heavy atom. The van der Waals surface area contributed by atoms with Gasteiger partial charge in [0, 0.05) is 30.2 Å². The van der Waals surface area contributed by atoms with Crippen molar-refractivity contribution in [1.29, 1.82) is 0 Å². The maximum atomic E-state index is 12.8. The topological polar surface area (TPSA) is 49.9 Å². The molecule has 1 atom stereocenters. The van der Waals surface area contributed by atoms with Crippen LogP contribution in [-0.2, 0) is 9.53 Å². The average molecular weight is 469 g/mol. The summed E-state index contributed by atoms with van der Waals surface area (Å²) >= 11 is 3.45. The first kappa shape index (κ1) is 19.8. The second-order valence-corrected chi connectivity index (χ2v) is 9.82. The Labute approximate surface area is 185 Å². The highest BCUT2D eigenvalue weighted by atomic mass is 79.9. The number of halogens is 1. The lowest BCUT2D eigenvalue weighted by atomic mass is 10.00. The highest BCUT2D eigenvalue weighted by Crippen LogP contribution is 2.54. The minimum atomic E-state index is -0.298. The van der Waals surface area contributed by atoms with Crippen LogP contribution in [0.25, 0.3) is 11.1 Å². The molecule has 2 aromatic carbocycles. The Morgan fingerprint density at radius 2 is 1.63 bits per heavy atom. The molecule has 6 heteroatoms. The van der Waals surface area contributed by atoms with Crippen LogP contribution in [0.5, 0.6) is 0 Å². The van der Waals surface area contributed by atoms with Gasteiger partial charge in [0.25, 0.3) is 11.8 Å². The van der Waals surface area contributed by atoms with Gasteiger partial charge in [-0.1, -0.05) is 40.2 Å². The Bertz CT molecular complexity index is 963. The first-order valence-electron chi connectivity index (χ1n) is 10.5. The Balaban J connectivity index is 1.16. The fourth-order valence-corrected chi connectivity index (χ4v) is 4.64. The third kappa shape index (κ3) is 3.67. The van der Waals surface area contributed by atoms with Crippen molar-refractivity contribution < 1.29 is 14.3 Å². The van der Waals surface area contributed by atoms with Crippen molar-refractivity contribution in [3.05, 3.63) is 58.6 Å². The maximum Gasteiger partial charge on any atom is 0.253 e. The zero-order chi connectivity index (χ0) is 20.9. The predicted octanol–water partition coefficient (Wildman–Crippen LogP) is 3.97. The largest absolute Gasteiger partial charge is 0.368 e. The first-order chi connectivity index (χ1) is 14.4. The Hall–Kier alpha value is -2.18. The quantitative estimate of drug-likeness (QED) is 0.681. The molecule has 5 rings (SSSR count). The van der Waals surface area contributed by atoms with E-state index in [-0.39, 0.29) is 24.0 Å². The molecule has 156 valence electrons. The molecular weight excluding hydrogens is 444 g/mol. The number of rotatable bonds is 4. The fraction of sp³-hybridized carbons (Fsp3) is 0.417. The summed E-state index contributed by atoms with van der Waals surface area (Å²) in [5.41, 5.74) is 3.17. The Morgan fingerprint density at radius 3 is 2.20 bits per heavy atom. The van der Waals surface area contributed by atoms with Gasteiger partial charge in [0.2, 0.25) is 0 Å². The molecule has 0 radical (unpaired) electrons. The number of benzene rings is 2. The van der Waals surface area contributed by atoms with E-state index in [0.29, 0.717) is 24.1 Å². The molecule has 3 aliphatic rings. The molecule has 1 unspecified atom stereocenters. The number of carbonyl (C=O) groups is 2. The first-order valence-corrected chi connectivity index (χ1v) is 11.3.